The molecule has 0 saturated heterocycles. The van der Waals surface area contributed by atoms with Gasteiger partial charge in [0.15, 0.2) is 0 Å². The average molecular weight is 756 g/mol. The summed E-state index contributed by atoms with van der Waals surface area (Å²) < 4.78 is 0. The van der Waals surface area contributed by atoms with Gasteiger partial charge in [0.25, 0.3) is 0 Å². The van der Waals surface area contributed by atoms with Crippen molar-refractivity contribution in [1.82, 2.24) is 0 Å². The van der Waals surface area contributed by atoms with E-state index in [9.17, 15) is 0 Å². The second-order valence-corrected chi connectivity index (χ2v) is 21.2. The van der Waals surface area contributed by atoms with Gasteiger partial charge in [0, 0.05) is 22.1 Å². The molecule has 4 saturated carbocycles. The maximum absolute atomic E-state index is 2.75. The van der Waals surface area contributed by atoms with Crippen LogP contribution in [0.2, 0.25) is 0 Å². The third kappa shape index (κ3) is 4.54. The van der Waals surface area contributed by atoms with Crippen LogP contribution in [0.1, 0.15) is 120 Å². The molecule has 0 unspecified atom stereocenters. The molecule has 7 aliphatic carbocycles. The van der Waals surface area contributed by atoms with Gasteiger partial charge in [0.05, 0.1) is 11.4 Å². The predicted molar refractivity (Wildman–Crippen MR) is 243 cm³/mol. The van der Waals surface area contributed by atoms with Crippen LogP contribution in [-0.2, 0) is 21.7 Å². The highest BCUT2D eigenvalue weighted by Gasteiger charge is 2.62. The SMILES string of the molecule is CC1(C)CCC(C)(C)c2c(N(c3ccc4c(c3)C(C)(C)c3ccccc3-4)c3cccc4c3-c3c(-c5ccccc5)cccc3C43C4CC5CC(C4)CC3C5)cccc21. The number of fused-ring (bicyclic) bond motifs is 7. The molecule has 0 aliphatic heterocycles. The molecule has 4 bridgehead atoms. The van der Waals surface area contributed by atoms with Crippen LogP contribution >= 0.6 is 0 Å². The highest BCUT2D eigenvalue weighted by Crippen LogP contribution is 2.71. The Morgan fingerprint density at radius 2 is 1.02 bits per heavy atom. The molecule has 4 fully saturated rings. The first-order valence-electron chi connectivity index (χ1n) is 22.5. The molecule has 0 atom stereocenters. The molecule has 1 spiro atoms. The second kappa shape index (κ2) is 11.9. The van der Waals surface area contributed by atoms with Crippen molar-refractivity contribution in [3.05, 3.63) is 161 Å². The largest absolute Gasteiger partial charge is 0.310 e. The lowest BCUT2D eigenvalue weighted by Crippen LogP contribution is -2.55. The molecule has 7 aliphatic rings. The summed E-state index contributed by atoms with van der Waals surface area (Å²) in [5.41, 5.74) is 21.6. The Morgan fingerprint density at radius 1 is 0.448 bits per heavy atom. The molecule has 13 rings (SSSR count). The van der Waals surface area contributed by atoms with Crippen LogP contribution in [0.4, 0.5) is 17.1 Å². The fraction of sp³-hybridized carbons (Fsp3) is 0.368. The molecule has 1 heteroatoms. The van der Waals surface area contributed by atoms with E-state index in [0.29, 0.717) is 11.8 Å². The highest BCUT2D eigenvalue weighted by molar-refractivity contribution is 6.02. The van der Waals surface area contributed by atoms with E-state index in [-0.39, 0.29) is 21.7 Å². The Labute approximate surface area is 346 Å². The first-order valence-corrected chi connectivity index (χ1v) is 22.5. The first kappa shape index (κ1) is 35.1. The number of nitrogens with zero attached hydrogens (tertiary/aromatic N) is 1. The molecular weight excluding hydrogens is 699 g/mol. The van der Waals surface area contributed by atoms with Crippen molar-refractivity contribution >= 4 is 17.1 Å². The normalized spacial score (nSPS) is 26.8. The molecule has 1 nitrogen and oxygen atoms in total. The number of hydrogen-bond donors (Lipinski definition) is 0. The fourth-order valence-corrected chi connectivity index (χ4v) is 14.4. The van der Waals surface area contributed by atoms with Gasteiger partial charge in [-0.1, -0.05) is 145 Å². The van der Waals surface area contributed by atoms with Crippen molar-refractivity contribution in [3.8, 4) is 33.4 Å². The summed E-state index contributed by atoms with van der Waals surface area (Å²) >= 11 is 0. The Bertz CT molecular complexity index is 2640. The first-order chi connectivity index (χ1) is 28.0. The fourth-order valence-electron chi connectivity index (χ4n) is 14.4. The van der Waals surface area contributed by atoms with Gasteiger partial charge in [-0.2, -0.15) is 0 Å². The molecule has 0 heterocycles. The van der Waals surface area contributed by atoms with E-state index < -0.39 is 0 Å². The van der Waals surface area contributed by atoms with Crippen molar-refractivity contribution in [1.29, 1.82) is 0 Å². The summed E-state index contributed by atoms with van der Waals surface area (Å²) in [6.07, 6.45) is 9.36. The lowest BCUT2D eigenvalue weighted by molar-refractivity contribution is -0.0399. The average Bonchev–Trinajstić information content (AvgIpc) is 3.65. The molecular formula is C57H57N. The molecule has 0 aromatic heterocycles. The lowest BCUT2D eigenvalue weighted by atomic mass is 9.43. The quantitative estimate of drug-likeness (QED) is 0.173. The van der Waals surface area contributed by atoms with Crippen LogP contribution in [0.25, 0.3) is 33.4 Å². The van der Waals surface area contributed by atoms with E-state index in [1.54, 1.807) is 11.1 Å². The monoisotopic (exact) mass is 755 g/mol. The smallest absolute Gasteiger partial charge is 0.0543 e. The number of benzene rings is 6. The van der Waals surface area contributed by atoms with Crippen LogP contribution < -0.4 is 4.90 Å². The van der Waals surface area contributed by atoms with Gasteiger partial charge >= 0.3 is 0 Å². The number of anilines is 3. The Kier molecular flexibility index (Phi) is 7.18. The molecule has 0 amide bonds. The summed E-state index contributed by atoms with van der Waals surface area (Å²) in [5.74, 6) is 3.19. The summed E-state index contributed by atoms with van der Waals surface area (Å²) in [6, 6.07) is 50.1. The van der Waals surface area contributed by atoms with Crippen molar-refractivity contribution < 1.29 is 0 Å². The zero-order valence-electron chi connectivity index (χ0n) is 35.3. The van der Waals surface area contributed by atoms with Gasteiger partial charge in [-0.3, -0.25) is 0 Å². The Morgan fingerprint density at radius 3 is 1.76 bits per heavy atom. The third-order valence-corrected chi connectivity index (χ3v) is 16.9. The Balaban J connectivity index is 1.18. The molecule has 290 valence electrons. The molecule has 58 heavy (non-hydrogen) atoms. The van der Waals surface area contributed by atoms with Crippen LogP contribution in [0, 0.1) is 23.7 Å². The van der Waals surface area contributed by atoms with E-state index in [4.69, 9.17) is 0 Å². The van der Waals surface area contributed by atoms with E-state index >= 15 is 0 Å². The lowest BCUT2D eigenvalue weighted by Gasteiger charge is -2.61. The topological polar surface area (TPSA) is 3.24 Å². The standard InChI is InChI=1S/C57H57N/c1-54(2)27-28-55(3,4)53-47(54)22-14-24-50(53)58(40-25-26-43-42-17-10-11-19-44(42)56(5,6)48(43)34-40)49-23-13-21-46-52(49)51-41(37-15-8-7-9-16-37)18-12-20-45(51)57(46)38-30-35-29-36(32-38)33-39(57)31-35/h7-26,34-36,38-39H,27-33H2,1-6H3. The van der Waals surface area contributed by atoms with E-state index in [0.717, 1.165) is 11.8 Å². The minimum Gasteiger partial charge on any atom is -0.310 e. The Hall–Kier alpha value is -4.88. The minimum atomic E-state index is -0.0961. The maximum Gasteiger partial charge on any atom is 0.0543 e. The maximum atomic E-state index is 2.75. The molecule has 6 aromatic carbocycles. The third-order valence-electron chi connectivity index (χ3n) is 16.9. The second-order valence-electron chi connectivity index (χ2n) is 21.2. The van der Waals surface area contributed by atoms with Crippen LogP contribution in [-0.4, -0.2) is 0 Å². The predicted octanol–water partition coefficient (Wildman–Crippen LogP) is 15.2. The van der Waals surface area contributed by atoms with Crippen molar-refractivity contribution in [2.24, 2.45) is 23.7 Å². The summed E-state index contributed by atoms with van der Waals surface area (Å²) in [6.45, 7) is 14.8. The van der Waals surface area contributed by atoms with Crippen molar-refractivity contribution in [2.45, 2.75) is 108 Å². The number of rotatable bonds is 4. The summed E-state index contributed by atoms with van der Waals surface area (Å²) in [5, 5.41) is 0. The van der Waals surface area contributed by atoms with Gasteiger partial charge in [-0.05, 0) is 165 Å². The van der Waals surface area contributed by atoms with Crippen molar-refractivity contribution in [3.63, 3.8) is 0 Å². The van der Waals surface area contributed by atoms with Gasteiger partial charge in [0.1, 0.15) is 0 Å². The van der Waals surface area contributed by atoms with Gasteiger partial charge < -0.3 is 4.90 Å². The van der Waals surface area contributed by atoms with Gasteiger partial charge in [-0.25, -0.2) is 0 Å². The molecule has 0 radical (unpaired) electrons. The van der Waals surface area contributed by atoms with E-state index in [1.165, 1.54) is 118 Å². The van der Waals surface area contributed by atoms with Crippen LogP contribution in [0.3, 0.4) is 0 Å². The zero-order valence-corrected chi connectivity index (χ0v) is 35.3. The summed E-state index contributed by atoms with van der Waals surface area (Å²) in [4.78, 5) is 2.75. The number of hydrogen-bond acceptors (Lipinski definition) is 1. The van der Waals surface area contributed by atoms with Gasteiger partial charge in [0.2, 0.25) is 0 Å². The van der Waals surface area contributed by atoms with Crippen molar-refractivity contribution in [2.75, 3.05) is 4.90 Å². The molecule has 6 aromatic rings. The van der Waals surface area contributed by atoms with E-state index in [1.807, 2.05) is 0 Å². The highest BCUT2D eigenvalue weighted by atomic mass is 15.2. The minimum absolute atomic E-state index is 0.0274. The van der Waals surface area contributed by atoms with E-state index in [2.05, 4.69) is 174 Å². The van der Waals surface area contributed by atoms with Gasteiger partial charge in [-0.15, -0.1) is 0 Å². The van der Waals surface area contributed by atoms with Crippen LogP contribution in [0.15, 0.2) is 127 Å². The molecule has 0 N–H and O–H groups in total. The summed E-state index contributed by atoms with van der Waals surface area (Å²) in [7, 11) is 0. The van der Waals surface area contributed by atoms with Crippen LogP contribution in [0.5, 0.6) is 0 Å². The zero-order chi connectivity index (χ0) is 39.3.